The van der Waals surface area contributed by atoms with Gasteiger partial charge in [-0.1, -0.05) is 6.42 Å². The maximum absolute atomic E-state index is 12.4. The molecule has 112 valence electrons. The van der Waals surface area contributed by atoms with E-state index >= 15 is 0 Å². The number of hydrogen-bond acceptors (Lipinski definition) is 3. The summed E-state index contributed by atoms with van der Waals surface area (Å²) in [6.45, 7) is 3.33. The van der Waals surface area contributed by atoms with Crippen LogP contribution in [0.5, 0.6) is 0 Å². The summed E-state index contributed by atoms with van der Waals surface area (Å²) >= 11 is 0. The standard InChI is InChI=1S/C16H26N2O2/c1-20-16-7-4-6-15(19)18(16)10-12-9-13(16)11-17-8-3-2-5-14(12)17/h12-14H,2-11H2,1H3/t12-,13-,14-,16-/m1/s1. The number of methoxy groups -OCH3 is 1. The third-order valence-corrected chi connectivity index (χ3v) is 6.34. The number of carbonyl (C=O) groups is 1. The van der Waals surface area contributed by atoms with E-state index in [1.54, 1.807) is 0 Å². The maximum Gasteiger partial charge on any atom is 0.224 e. The van der Waals surface area contributed by atoms with E-state index in [9.17, 15) is 4.79 Å². The molecule has 0 aromatic heterocycles. The van der Waals surface area contributed by atoms with Gasteiger partial charge in [-0.25, -0.2) is 0 Å². The molecule has 0 aromatic rings. The first kappa shape index (κ1) is 13.1. The van der Waals surface area contributed by atoms with Gasteiger partial charge in [-0.3, -0.25) is 9.69 Å². The molecule has 0 saturated carbocycles. The largest absolute Gasteiger partial charge is 0.358 e. The fourth-order valence-electron chi connectivity index (χ4n) is 5.45. The zero-order valence-corrected chi connectivity index (χ0v) is 12.5. The fourth-order valence-corrected chi connectivity index (χ4v) is 5.45. The molecule has 4 fully saturated rings. The van der Waals surface area contributed by atoms with E-state index in [0.29, 0.717) is 17.7 Å². The Morgan fingerprint density at radius 2 is 2.15 bits per heavy atom. The van der Waals surface area contributed by atoms with Crippen molar-refractivity contribution in [3.8, 4) is 0 Å². The number of hydrogen-bond donors (Lipinski definition) is 0. The van der Waals surface area contributed by atoms with Gasteiger partial charge < -0.3 is 9.64 Å². The Kier molecular flexibility index (Phi) is 3.08. The van der Waals surface area contributed by atoms with Crippen LogP contribution >= 0.6 is 0 Å². The lowest BCUT2D eigenvalue weighted by Crippen LogP contribution is -2.71. The molecule has 0 aliphatic carbocycles. The quantitative estimate of drug-likeness (QED) is 0.734. The average Bonchev–Trinajstić information content (AvgIpc) is 2.49. The minimum Gasteiger partial charge on any atom is -0.358 e. The molecule has 4 aliphatic rings. The minimum absolute atomic E-state index is 0.283. The van der Waals surface area contributed by atoms with Crippen LogP contribution in [-0.2, 0) is 9.53 Å². The SMILES string of the molecule is CO[C@@]12CCCC(=O)N1C[C@H]1C[C@@H]2CN2CCCC[C@H]12. The van der Waals surface area contributed by atoms with Crippen molar-refractivity contribution in [2.45, 2.75) is 56.7 Å². The normalized spacial score (nSPS) is 45.0. The van der Waals surface area contributed by atoms with E-state index in [4.69, 9.17) is 4.74 Å². The third-order valence-electron chi connectivity index (χ3n) is 6.34. The summed E-state index contributed by atoms with van der Waals surface area (Å²) in [6, 6.07) is 0.726. The molecule has 0 radical (unpaired) electrons. The lowest BCUT2D eigenvalue weighted by Gasteiger charge is -2.61. The van der Waals surface area contributed by atoms with Gasteiger partial charge in [0.15, 0.2) is 0 Å². The Morgan fingerprint density at radius 1 is 1.25 bits per heavy atom. The summed E-state index contributed by atoms with van der Waals surface area (Å²) in [5.41, 5.74) is -0.283. The van der Waals surface area contributed by atoms with Crippen LogP contribution in [0.3, 0.4) is 0 Å². The molecule has 0 unspecified atom stereocenters. The Balaban J connectivity index is 1.67. The van der Waals surface area contributed by atoms with Crippen molar-refractivity contribution in [3.05, 3.63) is 0 Å². The molecular formula is C16H26N2O2. The summed E-state index contributed by atoms with van der Waals surface area (Å²) in [5.74, 6) is 1.53. The van der Waals surface area contributed by atoms with Gasteiger partial charge in [0.05, 0.1) is 0 Å². The van der Waals surface area contributed by atoms with Crippen LogP contribution in [0.15, 0.2) is 0 Å². The van der Waals surface area contributed by atoms with Crippen molar-refractivity contribution in [3.63, 3.8) is 0 Å². The maximum atomic E-state index is 12.4. The highest BCUT2D eigenvalue weighted by molar-refractivity contribution is 5.78. The predicted molar refractivity (Wildman–Crippen MR) is 76.1 cm³/mol. The minimum atomic E-state index is -0.283. The van der Waals surface area contributed by atoms with Crippen LogP contribution < -0.4 is 0 Å². The Labute approximate surface area is 121 Å². The van der Waals surface area contributed by atoms with Gasteiger partial charge in [0, 0.05) is 38.6 Å². The van der Waals surface area contributed by atoms with E-state index in [2.05, 4.69) is 9.80 Å². The monoisotopic (exact) mass is 278 g/mol. The highest BCUT2D eigenvalue weighted by Crippen LogP contribution is 2.49. The highest BCUT2D eigenvalue weighted by atomic mass is 16.5. The van der Waals surface area contributed by atoms with Crippen LogP contribution in [0.4, 0.5) is 0 Å². The smallest absolute Gasteiger partial charge is 0.224 e. The zero-order valence-electron chi connectivity index (χ0n) is 12.5. The fraction of sp³-hybridized carbons (Fsp3) is 0.938. The van der Waals surface area contributed by atoms with Gasteiger partial charge in [0.1, 0.15) is 5.72 Å². The van der Waals surface area contributed by atoms with E-state index < -0.39 is 0 Å². The van der Waals surface area contributed by atoms with Crippen molar-refractivity contribution in [2.24, 2.45) is 11.8 Å². The summed E-state index contributed by atoms with van der Waals surface area (Å²) in [7, 11) is 1.81. The van der Waals surface area contributed by atoms with Gasteiger partial charge in [-0.2, -0.15) is 0 Å². The highest BCUT2D eigenvalue weighted by Gasteiger charge is 2.57. The topological polar surface area (TPSA) is 32.8 Å². The molecule has 20 heavy (non-hydrogen) atoms. The predicted octanol–water partition coefficient (Wildman–Crippen LogP) is 1.85. The third kappa shape index (κ3) is 1.70. The number of piperidine rings is 4. The molecule has 4 nitrogen and oxygen atoms in total. The second-order valence-corrected chi connectivity index (χ2v) is 7.16. The molecule has 0 aromatic carbocycles. The average molecular weight is 278 g/mol. The summed E-state index contributed by atoms with van der Waals surface area (Å²) < 4.78 is 6.00. The number of nitrogens with zero attached hydrogens (tertiary/aromatic N) is 2. The lowest BCUT2D eigenvalue weighted by atomic mass is 9.69. The number of ether oxygens (including phenoxy) is 1. The van der Waals surface area contributed by atoms with Gasteiger partial charge in [0.25, 0.3) is 0 Å². The number of fused-ring (bicyclic) bond motifs is 6. The summed E-state index contributed by atoms with van der Waals surface area (Å²) in [5, 5.41) is 0. The molecule has 4 heteroatoms. The van der Waals surface area contributed by atoms with Gasteiger partial charge >= 0.3 is 0 Å². The first-order chi connectivity index (χ1) is 9.74. The van der Waals surface area contributed by atoms with Crippen LogP contribution in [0.25, 0.3) is 0 Å². The molecule has 4 saturated heterocycles. The van der Waals surface area contributed by atoms with Crippen molar-refractivity contribution in [2.75, 3.05) is 26.7 Å². The summed E-state index contributed by atoms with van der Waals surface area (Å²) in [4.78, 5) is 17.3. The van der Waals surface area contributed by atoms with Crippen molar-refractivity contribution >= 4 is 5.91 Å². The van der Waals surface area contributed by atoms with Gasteiger partial charge in [0.2, 0.25) is 5.91 Å². The first-order valence-corrected chi connectivity index (χ1v) is 8.34. The molecule has 0 spiro atoms. The Hall–Kier alpha value is -0.610. The molecular weight excluding hydrogens is 252 g/mol. The van der Waals surface area contributed by atoms with Crippen molar-refractivity contribution in [1.82, 2.24) is 9.80 Å². The lowest BCUT2D eigenvalue weighted by molar-refractivity contribution is -0.238. The first-order valence-electron chi connectivity index (χ1n) is 8.34. The second kappa shape index (κ2) is 4.70. The van der Waals surface area contributed by atoms with E-state index in [1.165, 1.54) is 32.2 Å². The number of rotatable bonds is 1. The summed E-state index contributed by atoms with van der Waals surface area (Å²) in [6.07, 6.45) is 8.06. The van der Waals surface area contributed by atoms with Gasteiger partial charge in [-0.05, 0) is 44.6 Å². The number of carbonyl (C=O) groups excluding carboxylic acids is 1. The van der Waals surface area contributed by atoms with Crippen LogP contribution in [-0.4, -0.2) is 54.2 Å². The van der Waals surface area contributed by atoms with E-state index in [-0.39, 0.29) is 5.72 Å². The second-order valence-electron chi connectivity index (χ2n) is 7.16. The van der Waals surface area contributed by atoms with Gasteiger partial charge in [-0.15, -0.1) is 0 Å². The van der Waals surface area contributed by atoms with Crippen LogP contribution in [0.1, 0.15) is 44.9 Å². The van der Waals surface area contributed by atoms with Crippen molar-refractivity contribution < 1.29 is 9.53 Å². The molecule has 2 bridgehead atoms. The van der Waals surface area contributed by atoms with Crippen LogP contribution in [0, 0.1) is 11.8 Å². The molecule has 4 rings (SSSR count). The number of amides is 1. The molecule has 0 N–H and O–H groups in total. The Morgan fingerprint density at radius 3 is 3.00 bits per heavy atom. The Bertz CT molecular complexity index is 413. The molecule has 4 atom stereocenters. The molecule has 4 heterocycles. The molecule has 4 aliphatic heterocycles. The van der Waals surface area contributed by atoms with E-state index in [0.717, 1.165) is 38.4 Å². The molecule has 1 amide bonds. The zero-order chi connectivity index (χ0) is 13.7. The van der Waals surface area contributed by atoms with Crippen LogP contribution in [0.2, 0.25) is 0 Å². The van der Waals surface area contributed by atoms with Crippen molar-refractivity contribution in [1.29, 1.82) is 0 Å². The van der Waals surface area contributed by atoms with E-state index in [1.807, 2.05) is 7.11 Å².